The standard InChI is InChI=1S/C20H22N2O3/c23-20(19-18-6-2-1-4-15(18)9-13-24-19)22-12-3-5-17(14-22)25-16-7-10-21-11-8-16/h1-2,4,6-8,10-11,17,19H,3,5,9,12-14H2. The van der Waals surface area contributed by atoms with Crippen LogP contribution in [0.15, 0.2) is 48.8 Å². The van der Waals surface area contributed by atoms with E-state index in [9.17, 15) is 4.79 Å². The van der Waals surface area contributed by atoms with Crippen molar-refractivity contribution in [2.24, 2.45) is 0 Å². The largest absolute Gasteiger partial charge is 0.488 e. The summed E-state index contributed by atoms with van der Waals surface area (Å²) in [4.78, 5) is 18.9. The van der Waals surface area contributed by atoms with E-state index in [0.29, 0.717) is 13.2 Å². The van der Waals surface area contributed by atoms with Crippen LogP contribution in [0.2, 0.25) is 0 Å². The molecule has 5 heteroatoms. The van der Waals surface area contributed by atoms with Gasteiger partial charge in [-0.2, -0.15) is 0 Å². The highest BCUT2D eigenvalue weighted by molar-refractivity contribution is 5.83. The highest BCUT2D eigenvalue weighted by Crippen LogP contribution is 2.30. The number of ether oxygens (including phenoxy) is 2. The number of hydrogen-bond donors (Lipinski definition) is 0. The van der Waals surface area contributed by atoms with Gasteiger partial charge in [0.15, 0.2) is 6.10 Å². The summed E-state index contributed by atoms with van der Waals surface area (Å²) in [5.41, 5.74) is 2.23. The maximum Gasteiger partial charge on any atom is 0.256 e. The number of likely N-dealkylation sites (tertiary alicyclic amines) is 1. The third-order valence-electron chi connectivity index (χ3n) is 4.86. The number of hydrogen-bond acceptors (Lipinski definition) is 4. The summed E-state index contributed by atoms with van der Waals surface area (Å²) in [5, 5.41) is 0. The predicted molar refractivity (Wildman–Crippen MR) is 93.3 cm³/mol. The van der Waals surface area contributed by atoms with E-state index >= 15 is 0 Å². The van der Waals surface area contributed by atoms with Crippen molar-refractivity contribution < 1.29 is 14.3 Å². The van der Waals surface area contributed by atoms with E-state index in [-0.39, 0.29) is 12.0 Å². The lowest BCUT2D eigenvalue weighted by Crippen LogP contribution is -2.47. The van der Waals surface area contributed by atoms with Crippen LogP contribution >= 0.6 is 0 Å². The van der Waals surface area contributed by atoms with Crippen molar-refractivity contribution in [3.63, 3.8) is 0 Å². The molecule has 0 saturated carbocycles. The Morgan fingerprint density at radius 3 is 2.92 bits per heavy atom. The Bertz CT molecular complexity index is 735. The normalized spacial score (nSPS) is 23.0. The number of pyridine rings is 1. The van der Waals surface area contributed by atoms with Gasteiger partial charge in [0.25, 0.3) is 5.91 Å². The topological polar surface area (TPSA) is 51.7 Å². The third-order valence-corrected chi connectivity index (χ3v) is 4.86. The molecule has 1 saturated heterocycles. The van der Waals surface area contributed by atoms with E-state index in [1.807, 2.05) is 35.2 Å². The lowest BCUT2D eigenvalue weighted by molar-refractivity contribution is -0.147. The molecule has 4 rings (SSSR count). The van der Waals surface area contributed by atoms with Crippen molar-refractivity contribution in [1.82, 2.24) is 9.88 Å². The van der Waals surface area contributed by atoms with Crippen LogP contribution in [0, 0.1) is 0 Å². The number of piperidine rings is 1. The van der Waals surface area contributed by atoms with Gasteiger partial charge in [0.2, 0.25) is 0 Å². The maximum atomic E-state index is 13.0. The van der Waals surface area contributed by atoms with Gasteiger partial charge in [-0.25, -0.2) is 0 Å². The van der Waals surface area contributed by atoms with Crippen LogP contribution in [-0.2, 0) is 16.0 Å². The van der Waals surface area contributed by atoms with Crippen LogP contribution in [-0.4, -0.2) is 41.6 Å². The first kappa shape index (κ1) is 16.1. The zero-order chi connectivity index (χ0) is 17.1. The van der Waals surface area contributed by atoms with Crippen LogP contribution in [0.25, 0.3) is 0 Å². The molecule has 5 nitrogen and oxygen atoms in total. The maximum absolute atomic E-state index is 13.0. The molecule has 2 unspecified atom stereocenters. The lowest BCUT2D eigenvalue weighted by atomic mass is 9.96. The molecule has 2 aromatic rings. The van der Waals surface area contributed by atoms with E-state index in [2.05, 4.69) is 11.1 Å². The van der Waals surface area contributed by atoms with Gasteiger partial charge < -0.3 is 14.4 Å². The molecule has 0 bridgehead atoms. The summed E-state index contributed by atoms with van der Waals surface area (Å²) >= 11 is 0. The van der Waals surface area contributed by atoms with Crippen molar-refractivity contribution in [1.29, 1.82) is 0 Å². The van der Waals surface area contributed by atoms with Crippen molar-refractivity contribution >= 4 is 5.91 Å². The fourth-order valence-corrected chi connectivity index (χ4v) is 3.61. The molecule has 1 fully saturated rings. The minimum atomic E-state index is -0.482. The Morgan fingerprint density at radius 2 is 2.04 bits per heavy atom. The van der Waals surface area contributed by atoms with E-state index < -0.39 is 6.10 Å². The smallest absolute Gasteiger partial charge is 0.256 e. The highest BCUT2D eigenvalue weighted by Gasteiger charge is 2.33. The zero-order valence-corrected chi connectivity index (χ0v) is 14.1. The number of nitrogens with zero attached hydrogens (tertiary/aromatic N) is 2. The van der Waals surface area contributed by atoms with Crippen molar-refractivity contribution in [2.45, 2.75) is 31.5 Å². The Balaban J connectivity index is 1.46. The van der Waals surface area contributed by atoms with Crippen LogP contribution in [0.4, 0.5) is 0 Å². The second kappa shape index (κ2) is 7.23. The lowest BCUT2D eigenvalue weighted by Gasteiger charge is -2.36. The van der Waals surface area contributed by atoms with Gasteiger partial charge in [0, 0.05) is 18.9 Å². The van der Waals surface area contributed by atoms with Gasteiger partial charge in [-0.05, 0) is 42.5 Å². The first-order chi connectivity index (χ1) is 12.3. The molecule has 0 aliphatic carbocycles. The molecule has 0 radical (unpaired) electrons. The molecule has 0 N–H and O–H groups in total. The summed E-state index contributed by atoms with van der Waals surface area (Å²) in [5.74, 6) is 0.851. The van der Waals surface area contributed by atoms with Crippen molar-refractivity contribution in [2.75, 3.05) is 19.7 Å². The van der Waals surface area contributed by atoms with Gasteiger partial charge in [-0.3, -0.25) is 9.78 Å². The monoisotopic (exact) mass is 338 g/mol. The average molecular weight is 338 g/mol. The molecule has 130 valence electrons. The second-order valence-corrected chi connectivity index (χ2v) is 6.55. The molecule has 3 heterocycles. The molecule has 2 aliphatic heterocycles. The molecule has 1 aromatic heterocycles. The van der Waals surface area contributed by atoms with Crippen LogP contribution < -0.4 is 4.74 Å². The van der Waals surface area contributed by atoms with Crippen LogP contribution in [0.3, 0.4) is 0 Å². The number of benzene rings is 1. The highest BCUT2D eigenvalue weighted by atomic mass is 16.5. The van der Waals surface area contributed by atoms with E-state index in [0.717, 1.165) is 37.1 Å². The van der Waals surface area contributed by atoms with Gasteiger partial charge in [-0.15, -0.1) is 0 Å². The quantitative estimate of drug-likeness (QED) is 0.863. The Labute approximate surface area is 147 Å². The zero-order valence-electron chi connectivity index (χ0n) is 14.1. The fraction of sp³-hybridized carbons (Fsp3) is 0.400. The van der Waals surface area contributed by atoms with Gasteiger partial charge in [0.05, 0.1) is 13.2 Å². The van der Waals surface area contributed by atoms with E-state index in [4.69, 9.17) is 9.47 Å². The molecule has 1 aromatic carbocycles. The number of aromatic nitrogens is 1. The Hall–Kier alpha value is -2.40. The minimum absolute atomic E-state index is 0.0129. The molecule has 25 heavy (non-hydrogen) atoms. The third kappa shape index (κ3) is 3.51. The average Bonchev–Trinajstić information content (AvgIpc) is 2.68. The van der Waals surface area contributed by atoms with Gasteiger partial charge in [-0.1, -0.05) is 24.3 Å². The molecule has 1 amide bonds. The predicted octanol–water partition coefficient (Wildman–Crippen LogP) is 2.77. The number of amides is 1. The summed E-state index contributed by atoms with van der Waals surface area (Å²) in [6.07, 6.45) is 5.73. The second-order valence-electron chi connectivity index (χ2n) is 6.55. The SMILES string of the molecule is O=C(C1OCCc2ccccc21)N1CCCC(Oc2ccncc2)C1. The molecular formula is C20H22N2O3. The van der Waals surface area contributed by atoms with Gasteiger partial charge in [0.1, 0.15) is 11.9 Å². The summed E-state index contributed by atoms with van der Waals surface area (Å²) < 4.78 is 11.9. The number of fused-ring (bicyclic) bond motifs is 1. The van der Waals surface area contributed by atoms with Crippen LogP contribution in [0.1, 0.15) is 30.1 Å². The van der Waals surface area contributed by atoms with Crippen LogP contribution in [0.5, 0.6) is 5.75 Å². The number of carbonyl (C=O) groups is 1. The molecule has 2 atom stereocenters. The first-order valence-corrected chi connectivity index (χ1v) is 8.86. The van der Waals surface area contributed by atoms with Gasteiger partial charge >= 0.3 is 0 Å². The Kier molecular flexibility index (Phi) is 4.65. The van der Waals surface area contributed by atoms with E-state index in [1.54, 1.807) is 12.4 Å². The molecule has 0 spiro atoms. The summed E-state index contributed by atoms with van der Waals surface area (Å²) in [6, 6.07) is 11.8. The number of carbonyl (C=O) groups excluding carboxylic acids is 1. The summed E-state index contributed by atoms with van der Waals surface area (Å²) in [6.45, 7) is 1.96. The summed E-state index contributed by atoms with van der Waals surface area (Å²) in [7, 11) is 0. The van der Waals surface area contributed by atoms with Crippen molar-refractivity contribution in [3.8, 4) is 5.75 Å². The van der Waals surface area contributed by atoms with Crippen molar-refractivity contribution in [3.05, 3.63) is 59.9 Å². The molecular weight excluding hydrogens is 316 g/mol. The van der Waals surface area contributed by atoms with E-state index in [1.165, 1.54) is 5.56 Å². The minimum Gasteiger partial charge on any atom is -0.488 e. The Morgan fingerprint density at radius 1 is 1.20 bits per heavy atom. The number of rotatable bonds is 3. The fourth-order valence-electron chi connectivity index (χ4n) is 3.61. The first-order valence-electron chi connectivity index (χ1n) is 8.86. The molecule has 2 aliphatic rings.